The van der Waals surface area contributed by atoms with Crippen LogP contribution in [0.5, 0.6) is 11.5 Å². The van der Waals surface area contributed by atoms with E-state index in [-0.39, 0.29) is 11.1 Å². The zero-order chi connectivity index (χ0) is 20.6. The number of amides is 2. The highest BCUT2D eigenvalue weighted by Gasteiger charge is 2.43. The van der Waals surface area contributed by atoms with E-state index >= 15 is 0 Å². The van der Waals surface area contributed by atoms with E-state index in [0.29, 0.717) is 18.8 Å². The number of aryl methyl sites for hydroxylation is 1. The molecule has 0 radical (unpaired) electrons. The third kappa shape index (κ3) is 3.80. The van der Waals surface area contributed by atoms with Crippen molar-refractivity contribution in [3.63, 3.8) is 0 Å². The van der Waals surface area contributed by atoms with Crippen molar-refractivity contribution in [2.24, 2.45) is 7.05 Å². The summed E-state index contributed by atoms with van der Waals surface area (Å²) in [6, 6.07) is 13.3. The standard InChI is InChI=1S/C21H21N3O4S/c1-21(19(25)23-20(26)29-21)11-13-4-6-14(7-5-13)28-12-18-22-16-9-8-15(27-3)10-17(16)24(18)2/h4-10H,11-12H2,1-3H3,(H,23,25,26)/t21-/m1/s1. The Morgan fingerprint density at radius 1 is 1.14 bits per heavy atom. The minimum atomic E-state index is -0.770. The summed E-state index contributed by atoms with van der Waals surface area (Å²) < 4.78 is 12.4. The summed E-state index contributed by atoms with van der Waals surface area (Å²) in [6.07, 6.45) is 0.474. The van der Waals surface area contributed by atoms with Crippen molar-refractivity contribution in [2.75, 3.05) is 7.11 Å². The first kappa shape index (κ1) is 19.3. The molecule has 0 unspecified atom stereocenters. The normalized spacial score (nSPS) is 18.9. The molecule has 4 rings (SSSR count). The number of nitrogens with zero attached hydrogens (tertiary/aromatic N) is 2. The largest absolute Gasteiger partial charge is 0.497 e. The predicted octanol–water partition coefficient (Wildman–Crippen LogP) is 3.45. The van der Waals surface area contributed by atoms with Crippen LogP contribution in [0.25, 0.3) is 11.0 Å². The molecule has 2 amide bonds. The van der Waals surface area contributed by atoms with E-state index in [9.17, 15) is 9.59 Å². The number of imide groups is 1. The second kappa shape index (κ2) is 7.44. The van der Waals surface area contributed by atoms with Crippen LogP contribution in [-0.2, 0) is 24.9 Å². The first-order valence-corrected chi connectivity index (χ1v) is 9.95. The molecular weight excluding hydrogens is 390 g/mol. The fourth-order valence-corrected chi connectivity index (χ4v) is 4.27. The molecule has 1 fully saturated rings. The van der Waals surface area contributed by atoms with Crippen molar-refractivity contribution in [3.8, 4) is 11.5 Å². The van der Waals surface area contributed by atoms with Crippen LogP contribution >= 0.6 is 11.8 Å². The number of rotatable bonds is 6. The van der Waals surface area contributed by atoms with Gasteiger partial charge in [0, 0.05) is 13.1 Å². The molecule has 7 nitrogen and oxygen atoms in total. The quantitative estimate of drug-likeness (QED) is 0.669. The van der Waals surface area contributed by atoms with E-state index < -0.39 is 4.75 Å². The molecule has 1 atom stereocenters. The summed E-state index contributed by atoms with van der Waals surface area (Å²) >= 11 is 1.04. The van der Waals surface area contributed by atoms with Gasteiger partial charge >= 0.3 is 0 Å². The summed E-state index contributed by atoms with van der Waals surface area (Å²) in [4.78, 5) is 28.1. The number of aromatic nitrogens is 2. The number of thioether (sulfide) groups is 1. The monoisotopic (exact) mass is 411 g/mol. The molecule has 3 aromatic rings. The second-order valence-electron chi connectivity index (χ2n) is 7.13. The molecule has 0 aliphatic carbocycles. The number of fused-ring (bicyclic) bond motifs is 1. The fraction of sp³-hybridized carbons (Fsp3) is 0.286. The molecule has 1 N–H and O–H groups in total. The smallest absolute Gasteiger partial charge is 0.286 e. The Kier molecular flexibility index (Phi) is 4.96. The van der Waals surface area contributed by atoms with Gasteiger partial charge in [-0.3, -0.25) is 14.9 Å². The lowest BCUT2D eigenvalue weighted by molar-refractivity contribution is -0.121. The SMILES string of the molecule is COc1ccc2nc(COc3ccc(C[C@@]4(C)SC(=O)NC4=O)cc3)n(C)c2c1. The average Bonchev–Trinajstić information content (AvgIpc) is 3.15. The van der Waals surface area contributed by atoms with Gasteiger partial charge in [0.1, 0.15) is 28.7 Å². The molecule has 1 aliphatic rings. The molecule has 150 valence electrons. The Morgan fingerprint density at radius 3 is 2.52 bits per heavy atom. The summed E-state index contributed by atoms with van der Waals surface area (Å²) in [5.41, 5.74) is 2.83. The minimum absolute atomic E-state index is 0.244. The lowest BCUT2D eigenvalue weighted by Crippen LogP contribution is -2.35. The maximum atomic E-state index is 12.0. The van der Waals surface area contributed by atoms with Crippen LogP contribution in [0.3, 0.4) is 0 Å². The molecule has 0 bridgehead atoms. The van der Waals surface area contributed by atoms with Gasteiger partial charge in [0.15, 0.2) is 0 Å². The maximum Gasteiger partial charge on any atom is 0.286 e. The lowest BCUT2D eigenvalue weighted by atomic mass is 9.99. The highest BCUT2D eigenvalue weighted by atomic mass is 32.2. The number of carbonyl (C=O) groups is 2. The number of ether oxygens (including phenoxy) is 2. The van der Waals surface area contributed by atoms with Gasteiger partial charge in [0.2, 0.25) is 5.91 Å². The zero-order valence-corrected chi connectivity index (χ0v) is 17.2. The minimum Gasteiger partial charge on any atom is -0.497 e. The van der Waals surface area contributed by atoms with Gasteiger partial charge in [0.25, 0.3) is 5.24 Å². The molecule has 0 saturated carbocycles. The lowest BCUT2D eigenvalue weighted by Gasteiger charge is -2.18. The number of benzene rings is 2. The van der Waals surface area contributed by atoms with Crippen molar-refractivity contribution in [2.45, 2.75) is 24.7 Å². The van der Waals surface area contributed by atoms with E-state index in [1.54, 1.807) is 14.0 Å². The van der Waals surface area contributed by atoms with E-state index in [1.807, 2.05) is 54.1 Å². The summed E-state index contributed by atoms with van der Waals surface area (Å²) in [5.74, 6) is 2.06. The number of hydrogen-bond donors (Lipinski definition) is 1. The maximum absolute atomic E-state index is 12.0. The van der Waals surface area contributed by atoms with Crippen molar-refractivity contribution < 1.29 is 19.1 Å². The fourth-order valence-electron chi connectivity index (χ4n) is 3.33. The molecule has 29 heavy (non-hydrogen) atoms. The topological polar surface area (TPSA) is 82.5 Å². The van der Waals surface area contributed by atoms with Crippen LogP contribution in [0.4, 0.5) is 4.79 Å². The van der Waals surface area contributed by atoms with Gasteiger partial charge in [-0.05, 0) is 54.9 Å². The van der Waals surface area contributed by atoms with Crippen LogP contribution in [0, 0.1) is 0 Å². The van der Waals surface area contributed by atoms with Gasteiger partial charge in [-0.1, -0.05) is 12.1 Å². The van der Waals surface area contributed by atoms with Crippen LogP contribution in [0.15, 0.2) is 42.5 Å². The highest BCUT2D eigenvalue weighted by Crippen LogP contribution is 2.35. The Hall–Kier alpha value is -3.00. The predicted molar refractivity (Wildman–Crippen MR) is 111 cm³/mol. The van der Waals surface area contributed by atoms with Crippen LogP contribution in [0.2, 0.25) is 0 Å². The van der Waals surface area contributed by atoms with Crippen LogP contribution < -0.4 is 14.8 Å². The Bertz CT molecular complexity index is 1090. The Labute approximate surface area is 172 Å². The average molecular weight is 411 g/mol. The van der Waals surface area contributed by atoms with Crippen LogP contribution in [-0.4, -0.2) is 32.6 Å². The summed E-state index contributed by atoms with van der Waals surface area (Å²) in [5, 5.41) is 2.05. The molecular formula is C21H21N3O4S. The number of hydrogen-bond acceptors (Lipinski definition) is 6. The molecule has 1 aromatic heterocycles. The molecule has 0 spiro atoms. The number of nitrogens with one attached hydrogen (secondary N) is 1. The van der Waals surface area contributed by atoms with Gasteiger partial charge < -0.3 is 14.0 Å². The van der Waals surface area contributed by atoms with Gasteiger partial charge in [0.05, 0.1) is 18.1 Å². The summed E-state index contributed by atoms with van der Waals surface area (Å²) in [7, 11) is 3.59. The van der Waals surface area contributed by atoms with Gasteiger partial charge in [-0.15, -0.1) is 0 Å². The van der Waals surface area contributed by atoms with Crippen molar-refractivity contribution >= 4 is 33.9 Å². The van der Waals surface area contributed by atoms with E-state index in [1.165, 1.54) is 0 Å². The Balaban J connectivity index is 1.43. The first-order chi connectivity index (χ1) is 13.9. The van der Waals surface area contributed by atoms with E-state index in [0.717, 1.165) is 39.9 Å². The van der Waals surface area contributed by atoms with Crippen molar-refractivity contribution in [1.29, 1.82) is 0 Å². The first-order valence-electron chi connectivity index (χ1n) is 9.13. The third-order valence-corrected chi connectivity index (χ3v) is 6.09. The molecule has 2 heterocycles. The zero-order valence-electron chi connectivity index (χ0n) is 16.4. The van der Waals surface area contributed by atoms with E-state index in [2.05, 4.69) is 10.3 Å². The third-order valence-electron chi connectivity index (χ3n) is 5.03. The Morgan fingerprint density at radius 2 is 1.86 bits per heavy atom. The summed E-state index contributed by atoms with van der Waals surface area (Å²) in [6.45, 7) is 2.11. The van der Waals surface area contributed by atoms with Crippen molar-refractivity contribution in [3.05, 3.63) is 53.9 Å². The number of methoxy groups -OCH3 is 1. The molecule has 1 saturated heterocycles. The van der Waals surface area contributed by atoms with Gasteiger partial charge in [-0.25, -0.2) is 4.98 Å². The number of carbonyl (C=O) groups excluding carboxylic acids is 2. The second-order valence-corrected chi connectivity index (χ2v) is 8.60. The molecule has 2 aromatic carbocycles. The van der Waals surface area contributed by atoms with Crippen molar-refractivity contribution in [1.82, 2.24) is 14.9 Å². The van der Waals surface area contributed by atoms with Gasteiger partial charge in [-0.2, -0.15) is 0 Å². The van der Waals surface area contributed by atoms with Crippen LogP contribution in [0.1, 0.15) is 18.3 Å². The highest BCUT2D eigenvalue weighted by molar-refractivity contribution is 8.16. The van der Waals surface area contributed by atoms with E-state index in [4.69, 9.17) is 9.47 Å². The molecule has 8 heteroatoms. The molecule has 1 aliphatic heterocycles. The number of imidazole rings is 1.